The van der Waals surface area contributed by atoms with E-state index in [9.17, 15) is 0 Å². The molecule has 37 heavy (non-hydrogen) atoms. The number of aromatic nitrogens is 3. The summed E-state index contributed by atoms with van der Waals surface area (Å²) in [5, 5.41) is 11.9. The van der Waals surface area contributed by atoms with Crippen LogP contribution in [0.1, 0.15) is 12.8 Å². The van der Waals surface area contributed by atoms with E-state index in [4.69, 9.17) is 37.9 Å². The topological polar surface area (TPSA) is 186 Å². The first-order chi connectivity index (χ1) is 17.9. The molecule has 5 rings (SSSR count). The number of hydrogen-bond donors (Lipinski definition) is 5. The van der Waals surface area contributed by atoms with Gasteiger partial charge in [-0.15, -0.1) is 0 Å². The minimum atomic E-state index is -0.0465. The minimum Gasteiger partial charge on any atom is -0.338 e. The molecule has 0 amide bonds. The molecule has 0 unspecified atom stereocenters. The first-order valence-electron chi connectivity index (χ1n) is 12.5. The van der Waals surface area contributed by atoms with Gasteiger partial charge in [-0.3, -0.25) is 0 Å². The van der Waals surface area contributed by atoms with Crippen molar-refractivity contribution in [1.29, 1.82) is 0 Å². The van der Waals surface area contributed by atoms with Crippen molar-refractivity contribution in [2.45, 2.75) is 37.0 Å². The Hall–Kier alpha value is -3.71. The molecule has 0 radical (unpaired) electrons. The zero-order chi connectivity index (χ0) is 25.8. The van der Waals surface area contributed by atoms with E-state index in [0.717, 1.165) is 29.9 Å². The first-order valence-corrected chi connectivity index (χ1v) is 12.5. The standard InChI is InChI=1S/C25H34N12/c26-16-10-17(27)13-36(12-16)24-31-23(32-25(33-24)37-14-18(28)11-19(29)15-37)30-20-6-8-22(9-7-20)35-34-21-4-2-1-3-5-21/h1-9,16-19H,10-15,26-29H2,(H,30,31,32,33)/b35-34+/t16-,17+,18-,19+. The van der Waals surface area contributed by atoms with Crippen LogP contribution in [0, 0.1) is 0 Å². The molecule has 3 aromatic rings. The monoisotopic (exact) mass is 502 g/mol. The number of nitrogens with zero attached hydrogens (tertiary/aromatic N) is 7. The van der Waals surface area contributed by atoms with Gasteiger partial charge >= 0.3 is 0 Å². The molecule has 1 aromatic heterocycles. The van der Waals surface area contributed by atoms with Crippen molar-refractivity contribution in [3.8, 4) is 0 Å². The lowest BCUT2D eigenvalue weighted by atomic mass is 10.0. The van der Waals surface area contributed by atoms with Gasteiger partial charge in [-0.1, -0.05) is 18.2 Å². The molecule has 0 spiro atoms. The molecule has 0 bridgehead atoms. The third kappa shape index (κ3) is 6.54. The average molecular weight is 503 g/mol. The lowest BCUT2D eigenvalue weighted by molar-refractivity contribution is 0.441. The molecule has 2 aliphatic heterocycles. The van der Waals surface area contributed by atoms with Gasteiger partial charge in [-0.05, 0) is 49.2 Å². The average Bonchev–Trinajstić information content (AvgIpc) is 2.88. The van der Waals surface area contributed by atoms with E-state index in [1.807, 2.05) is 64.4 Å². The van der Waals surface area contributed by atoms with E-state index >= 15 is 0 Å². The highest BCUT2D eigenvalue weighted by Crippen LogP contribution is 2.25. The third-order valence-corrected chi connectivity index (χ3v) is 6.37. The van der Waals surface area contributed by atoms with Gasteiger partial charge in [-0.2, -0.15) is 25.2 Å². The molecule has 2 aromatic carbocycles. The molecule has 9 N–H and O–H groups in total. The Labute approximate surface area is 216 Å². The SMILES string of the molecule is N[C@@H]1C[C@H](N)CN(c2nc(Nc3ccc(/N=N/c4ccccc4)cc3)nc(N3C[C@H](N)C[C@H](N)C3)n2)C1. The molecule has 3 heterocycles. The maximum absolute atomic E-state index is 6.24. The molecule has 4 atom stereocenters. The summed E-state index contributed by atoms with van der Waals surface area (Å²) in [5.74, 6) is 1.47. The molecular weight excluding hydrogens is 468 g/mol. The van der Waals surface area contributed by atoms with E-state index < -0.39 is 0 Å². The second-order valence-electron chi connectivity index (χ2n) is 9.79. The van der Waals surface area contributed by atoms with Crippen LogP contribution in [0.4, 0.5) is 34.9 Å². The van der Waals surface area contributed by atoms with Crippen molar-refractivity contribution < 1.29 is 0 Å². The van der Waals surface area contributed by atoms with Crippen molar-refractivity contribution in [1.82, 2.24) is 15.0 Å². The Bertz CT molecular complexity index is 1140. The van der Waals surface area contributed by atoms with Gasteiger partial charge < -0.3 is 38.1 Å². The number of azo groups is 1. The van der Waals surface area contributed by atoms with Crippen LogP contribution in [0.2, 0.25) is 0 Å². The normalized spacial score (nSPS) is 24.4. The molecule has 2 aliphatic rings. The number of nitrogens with one attached hydrogen (secondary N) is 1. The molecule has 12 heteroatoms. The summed E-state index contributed by atoms with van der Waals surface area (Å²) in [5.41, 5.74) is 27.3. The number of rotatable bonds is 6. The molecule has 12 nitrogen and oxygen atoms in total. The predicted molar refractivity (Wildman–Crippen MR) is 146 cm³/mol. The van der Waals surface area contributed by atoms with Crippen molar-refractivity contribution in [3.63, 3.8) is 0 Å². The van der Waals surface area contributed by atoms with Gasteiger partial charge in [0.05, 0.1) is 11.4 Å². The zero-order valence-corrected chi connectivity index (χ0v) is 20.7. The van der Waals surface area contributed by atoms with Crippen molar-refractivity contribution in [2.75, 3.05) is 41.3 Å². The highest BCUT2D eigenvalue weighted by molar-refractivity contribution is 5.59. The van der Waals surface area contributed by atoms with Gasteiger partial charge in [0.15, 0.2) is 0 Å². The van der Waals surface area contributed by atoms with Crippen molar-refractivity contribution in [3.05, 3.63) is 54.6 Å². The number of nitrogens with two attached hydrogens (primary N) is 4. The van der Waals surface area contributed by atoms with Crippen LogP contribution in [0.3, 0.4) is 0 Å². The summed E-state index contributed by atoms with van der Waals surface area (Å²) in [6.45, 7) is 2.49. The number of hydrogen-bond acceptors (Lipinski definition) is 12. The largest absolute Gasteiger partial charge is 0.338 e. The van der Waals surface area contributed by atoms with Crippen LogP contribution in [-0.2, 0) is 0 Å². The van der Waals surface area contributed by atoms with E-state index in [0.29, 0.717) is 44.0 Å². The number of benzene rings is 2. The first kappa shape index (κ1) is 25.0. The number of piperidine rings is 2. The zero-order valence-electron chi connectivity index (χ0n) is 20.7. The van der Waals surface area contributed by atoms with Gasteiger partial charge in [0.1, 0.15) is 0 Å². The Morgan fingerprint density at radius 1 is 0.622 bits per heavy atom. The fraction of sp³-hybridized carbons (Fsp3) is 0.400. The minimum absolute atomic E-state index is 0.0465. The second kappa shape index (κ2) is 11.1. The summed E-state index contributed by atoms with van der Waals surface area (Å²) in [7, 11) is 0. The number of anilines is 4. The van der Waals surface area contributed by atoms with Gasteiger partial charge in [0, 0.05) is 56.0 Å². The molecule has 194 valence electrons. The van der Waals surface area contributed by atoms with Crippen molar-refractivity contribution in [2.24, 2.45) is 33.2 Å². The lowest BCUT2D eigenvalue weighted by Gasteiger charge is -2.37. The molecule has 2 saturated heterocycles. The van der Waals surface area contributed by atoms with E-state index in [2.05, 4.69) is 15.5 Å². The van der Waals surface area contributed by atoms with E-state index in [1.165, 1.54) is 0 Å². The molecule has 0 saturated carbocycles. The summed E-state index contributed by atoms with van der Waals surface area (Å²) in [6.07, 6.45) is 1.53. The fourth-order valence-corrected chi connectivity index (χ4v) is 4.73. The summed E-state index contributed by atoms with van der Waals surface area (Å²) in [4.78, 5) is 18.2. The summed E-state index contributed by atoms with van der Waals surface area (Å²) in [6, 6.07) is 17.0. The quantitative estimate of drug-likeness (QED) is 0.311. The Morgan fingerprint density at radius 3 is 1.57 bits per heavy atom. The molecule has 0 aliphatic carbocycles. The van der Waals surface area contributed by atoms with Crippen LogP contribution in [-0.4, -0.2) is 65.3 Å². The smallest absolute Gasteiger partial charge is 0.233 e. The molecule has 2 fully saturated rings. The van der Waals surface area contributed by atoms with Gasteiger partial charge in [0.25, 0.3) is 0 Å². The Morgan fingerprint density at radius 2 is 1.08 bits per heavy atom. The van der Waals surface area contributed by atoms with Crippen LogP contribution in [0.15, 0.2) is 64.8 Å². The Balaban J connectivity index is 1.38. The van der Waals surface area contributed by atoms with Crippen LogP contribution < -0.4 is 38.1 Å². The lowest BCUT2D eigenvalue weighted by Crippen LogP contribution is -2.54. The predicted octanol–water partition coefficient (Wildman–Crippen LogP) is 1.76. The fourth-order valence-electron chi connectivity index (χ4n) is 4.73. The maximum atomic E-state index is 6.24. The van der Waals surface area contributed by atoms with E-state index in [1.54, 1.807) is 0 Å². The highest BCUT2D eigenvalue weighted by Gasteiger charge is 2.28. The van der Waals surface area contributed by atoms with Gasteiger partial charge in [-0.25, -0.2) is 0 Å². The highest BCUT2D eigenvalue weighted by atomic mass is 15.4. The summed E-state index contributed by atoms with van der Waals surface area (Å²) < 4.78 is 0. The second-order valence-corrected chi connectivity index (χ2v) is 9.79. The molecular formula is C25H34N12. The van der Waals surface area contributed by atoms with Crippen molar-refractivity contribution >= 4 is 34.9 Å². The van der Waals surface area contributed by atoms with Crippen LogP contribution in [0.5, 0.6) is 0 Å². The van der Waals surface area contributed by atoms with Gasteiger partial charge in [0.2, 0.25) is 17.8 Å². The van der Waals surface area contributed by atoms with Crippen LogP contribution >= 0.6 is 0 Å². The maximum Gasteiger partial charge on any atom is 0.233 e. The third-order valence-electron chi connectivity index (χ3n) is 6.37. The van der Waals surface area contributed by atoms with E-state index in [-0.39, 0.29) is 24.2 Å². The summed E-state index contributed by atoms with van der Waals surface area (Å²) >= 11 is 0. The van der Waals surface area contributed by atoms with Crippen LogP contribution in [0.25, 0.3) is 0 Å². The Kier molecular flexibility index (Phi) is 7.51.